The predicted octanol–water partition coefficient (Wildman–Crippen LogP) is 4.46. The molecule has 5 nitrogen and oxygen atoms in total. The molecular weight excluding hydrogens is 359 g/mol. The summed E-state index contributed by atoms with van der Waals surface area (Å²) in [5.41, 5.74) is 2.01. The Kier molecular flexibility index (Phi) is 5.48. The molecule has 0 spiro atoms. The van der Waals surface area contributed by atoms with E-state index >= 15 is 0 Å². The number of amides is 1. The Morgan fingerprint density at radius 3 is 2.36 bits per heavy atom. The van der Waals surface area contributed by atoms with Crippen molar-refractivity contribution in [2.75, 3.05) is 5.32 Å². The summed E-state index contributed by atoms with van der Waals surface area (Å²) in [5, 5.41) is 6.87. The van der Waals surface area contributed by atoms with Crippen LogP contribution in [-0.2, 0) is 6.54 Å². The minimum atomic E-state index is -0.202. The van der Waals surface area contributed by atoms with E-state index in [0.29, 0.717) is 33.7 Å². The van der Waals surface area contributed by atoms with E-state index in [1.807, 2.05) is 12.1 Å². The Balaban J connectivity index is 1.64. The molecule has 25 heavy (non-hydrogen) atoms. The van der Waals surface area contributed by atoms with Crippen molar-refractivity contribution in [1.82, 2.24) is 15.3 Å². The topological polar surface area (TPSA) is 66.9 Å². The molecule has 126 valence electrons. The van der Waals surface area contributed by atoms with Gasteiger partial charge in [-0.15, -0.1) is 0 Å². The van der Waals surface area contributed by atoms with Gasteiger partial charge in [0, 0.05) is 25.1 Å². The van der Waals surface area contributed by atoms with Crippen LogP contribution in [0.5, 0.6) is 0 Å². The largest absolute Gasteiger partial charge is 0.348 e. The molecular formula is C18H14Cl2N4O. The Morgan fingerprint density at radius 2 is 1.72 bits per heavy atom. The van der Waals surface area contributed by atoms with Crippen LogP contribution in [0.1, 0.15) is 15.9 Å². The summed E-state index contributed by atoms with van der Waals surface area (Å²) in [6.45, 7) is 0.427. The molecule has 0 radical (unpaired) electrons. The second-order valence-corrected chi connectivity index (χ2v) is 6.01. The number of carbonyl (C=O) groups is 1. The molecule has 0 aliphatic rings. The van der Waals surface area contributed by atoms with E-state index in [4.69, 9.17) is 23.2 Å². The summed E-state index contributed by atoms with van der Waals surface area (Å²) in [6.07, 6.45) is 4.86. The summed E-state index contributed by atoms with van der Waals surface area (Å²) >= 11 is 12.2. The first kappa shape index (κ1) is 17.2. The molecule has 0 saturated heterocycles. The van der Waals surface area contributed by atoms with E-state index in [1.165, 1.54) is 6.20 Å². The Morgan fingerprint density at radius 1 is 1.00 bits per heavy atom. The lowest BCUT2D eigenvalue weighted by molar-refractivity contribution is 0.0950. The average molecular weight is 373 g/mol. The number of carbonyl (C=O) groups excluding carboxylic acids is 1. The highest BCUT2D eigenvalue weighted by Crippen LogP contribution is 2.31. The van der Waals surface area contributed by atoms with Gasteiger partial charge in [0.25, 0.3) is 5.91 Å². The number of para-hydroxylation sites is 1. The molecule has 2 heterocycles. The van der Waals surface area contributed by atoms with Crippen molar-refractivity contribution in [3.05, 3.63) is 82.2 Å². The van der Waals surface area contributed by atoms with Gasteiger partial charge in [-0.25, -0.2) is 4.98 Å². The zero-order chi connectivity index (χ0) is 17.6. The van der Waals surface area contributed by atoms with Crippen molar-refractivity contribution in [2.24, 2.45) is 0 Å². The maximum atomic E-state index is 12.2. The van der Waals surface area contributed by atoms with Crippen LogP contribution in [0.3, 0.4) is 0 Å². The van der Waals surface area contributed by atoms with Gasteiger partial charge in [-0.1, -0.05) is 29.3 Å². The third-order valence-corrected chi connectivity index (χ3v) is 4.07. The van der Waals surface area contributed by atoms with Crippen molar-refractivity contribution < 1.29 is 4.79 Å². The van der Waals surface area contributed by atoms with Gasteiger partial charge in [-0.3, -0.25) is 9.78 Å². The maximum absolute atomic E-state index is 12.2. The lowest BCUT2D eigenvalue weighted by Crippen LogP contribution is -2.22. The molecule has 0 aliphatic carbocycles. The highest BCUT2D eigenvalue weighted by Gasteiger charge is 2.09. The van der Waals surface area contributed by atoms with Gasteiger partial charge in [0.15, 0.2) is 0 Å². The third-order valence-electron chi connectivity index (χ3n) is 3.44. The number of anilines is 2. The Hall–Kier alpha value is -2.63. The van der Waals surface area contributed by atoms with Gasteiger partial charge >= 0.3 is 0 Å². The number of halogens is 2. The van der Waals surface area contributed by atoms with E-state index in [9.17, 15) is 4.79 Å². The molecule has 0 aliphatic heterocycles. The minimum absolute atomic E-state index is 0.202. The fourth-order valence-corrected chi connectivity index (χ4v) is 2.62. The first-order valence-electron chi connectivity index (χ1n) is 7.47. The van der Waals surface area contributed by atoms with Crippen LogP contribution in [0, 0.1) is 0 Å². The third kappa shape index (κ3) is 4.47. The number of hydrogen-bond donors (Lipinski definition) is 2. The van der Waals surface area contributed by atoms with Crippen LogP contribution in [0.15, 0.2) is 61.1 Å². The van der Waals surface area contributed by atoms with Crippen molar-refractivity contribution in [1.29, 1.82) is 0 Å². The average Bonchev–Trinajstić information content (AvgIpc) is 2.64. The summed E-state index contributed by atoms with van der Waals surface area (Å²) < 4.78 is 0. The van der Waals surface area contributed by atoms with Gasteiger partial charge < -0.3 is 10.6 Å². The van der Waals surface area contributed by atoms with Gasteiger partial charge in [0.05, 0.1) is 21.3 Å². The Bertz CT molecular complexity index is 850. The number of nitrogens with zero attached hydrogens (tertiary/aromatic N) is 2. The van der Waals surface area contributed by atoms with Gasteiger partial charge in [0.1, 0.15) is 5.82 Å². The second-order valence-electron chi connectivity index (χ2n) is 5.19. The first-order chi connectivity index (χ1) is 12.1. The number of aromatic nitrogens is 2. The van der Waals surface area contributed by atoms with Crippen LogP contribution >= 0.6 is 23.2 Å². The zero-order valence-electron chi connectivity index (χ0n) is 13.0. The molecule has 2 aromatic heterocycles. The molecule has 3 rings (SSSR count). The van der Waals surface area contributed by atoms with E-state index in [2.05, 4.69) is 20.6 Å². The van der Waals surface area contributed by atoms with E-state index < -0.39 is 0 Å². The smallest absolute Gasteiger partial charge is 0.253 e. The Labute approximate surface area is 155 Å². The highest BCUT2D eigenvalue weighted by molar-refractivity contribution is 6.39. The van der Waals surface area contributed by atoms with E-state index in [-0.39, 0.29) is 5.91 Å². The molecule has 0 atom stereocenters. The number of nitrogens with one attached hydrogen (secondary N) is 2. The molecule has 1 aromatic carbocycles. The van der Waals surface area contributed by atoms with Crippen molar-refractivity contribution in [2.45, 2.75) is 6.54 Å². The molecule has 2 N–H and O–H groups in total. The molecule has 7 heteroatoms. The van der Waals surface area contributed by atoms with Crippen molar-refractivity contribution >= 4 is 40.6 Å². The highest BCUT2D eigenvalue weighted by atomic mass is 35.5. The van der Waals surface area contributed by atoms with E-state index in [1.54, 1.807) is 42.7 Å². The summed E-state index contributed by atoms with van der Waals surface area (Å²) in [7, 11) is 0. The van der Waals surface area contributed by atoms with Gasteiger partial charge in [-0.05, 0) is 42.0 Å². The fraction of sp³-hybridized carbons (Fsp3) is 0.0556. The molecule has 3 aromatic rings. The summed E-state index contributed by atoms with van der Waals surface area (Å²) in [4.78, 5) is 20.3. The number of rotatable bonds is 5. The second kappa shape index (κ2) is 7.96. The van der Waals surface area contributed by atoms with Gasteiger partial charge in [-0.2, -0.15) is 0 Å². The molecule has 1 amide bonds. The quantitative estimate of drug-likeness (QED) is 0.693. The fourth-order valence-electron chi connectivity index (χ4n) is 2.13. The number of benzene rings is 1. The van der Waals surface area contributed by atoms with E-state index in [0.717, 1.165) is 5.56 Å². The molecule has 0 unspecified atom stereocenters. The number of pyridine rings is 2. The summed E-state index contributed by atoms with van der Waals surface area (Å²) in [5.74, 6) is 0.340. The maximum Gasteiger partial charge on any atom is 0.253 e. The predicted molar refractivity (Wildman–Crippen MR) is 99.4 cm³/mol. The van der Waals surface area contributed by atoms with Gasteiger partial charge in [0.2, 0.25) is 0 Å². The number of hydrogen-bond acceptors (Lipinski definition) is 4. The standard InChI is InChI=1S/C18H14Cl2N4O/c19-14-2-1-3-15(20)17(14)24-16-5-4-13(11-22-16)18(25)23-10-12-6-8-21-9-7-12/h1-9,11H,10H2,(H,22,24)(H,23,25). The van der Waals surface area contributed by atoms with Crippen LogP contribution < -0.4 is 10.6 Å². The lowest BCUT2D eigenvalue weighted by Gasteiger charge is -2.10. The normalized spacial score (nSPS) is 10.3. The van der Waals surface area contributed by atoms with Crippen LogP contribution in [-0.4, -0.2) is 15.9 Å². The van der Waals surface area contributed by atoms with Crippen LogP contribution in [0.4, 0.5) is 11.5 Å². The molecule has 0 fully saturated rings. The summed E-state index contributed by atoms with van der Waals surface area (Å²) in [6, 6.07) is 12.3. The molecule has 0 saturated carbocycles. The molecule has 0 bridgehead atoms. The lowest BCUT2D eigenvalue weighted by atomic mass is 10.2. The monoisotopic (exact) mass is 372 g/mol. The minimum Gasteiger partial charge on any atom is -0.348 e. The zero-order valence-corrected chi connectivity index (χ0v) is 14.6. The van der Waals surface area contributed by atoms with Crippen LogP contribution in [0.2, 0.25) is 10.0 Å². The first-order valence-corrected chi connectivity index (χ1v) is 8.23. The van der Waals surface area contributed by atoms with Crippen molar-refractivity contribution in [3.63, 3.8) is 0 Å². The van der Waals surface area contributed by atoms with Crippen LogP contribution in [0.25, 0.3) is 0 Å². The SMILES string of the molecule is O=C(NCc1ccncc1)c1ccc(Nc2c(Cl)cccc2Cl)nc1. The van der Waals surface area contributed by atoms with Crippen molar-refractivity contribution in [3.8, 4) is 0 Å².